The molecule has 4 rings (SSSR count). The number of amides is 2. The number of anilines is 1. The van der Waals surface area contributed by atoms with E-state index >= 15 is 0 Å². The van der Waals surface area contributed by atoms with Crippen LogP contribution in [-0.2, 0) is 32.6 Å². The Balaban J connectivity index is 1.83. The first-order chi connectivity index (χ1) is 22.1. The molecule has 1 N–H and O–H groups in total. The van der Waals surface area contributed by atoms with Gasteiger partial charge in [0.2, 0.25) is 11.8 Å². The molecule has 0 spiro atoms. The second kappa shape index (κ2) is 16.1. The summed E-state index contributed by atoms with van der Waals surface area (Å²) in [4.78, 5) is 30.1. The topological polar surface area (TPSA) is 96.0 Å². The van der Waals surface area contributed by atoms with Gasteiger partial charge >= 0.3 is 0 Å². The van der Waals surface area contributed by atoms with Gasteiger partial charge in [-0.2, -0.15) is 0 Å². The second-order valence-electron chi connectivity index (χ2n) is 11.6. The Morgan fingerprint density at radius 1 is 0.826 bits per heavy atom. The minimum atomic E-state index is -4.22. The van der Waals surface area contributed by atoms with Crippen molar-refractivity contribution >= 4 is 27.5 Å². The van der Waals surface area contributed by atoms with Gasteiger partial charge in [0.1, 0.15) is 18.3 Å². The van der Waals surface area contributed by atoms with E-state index in [2.05, 4.69) is 5.32 Å². The summed E-state index contributed by atoms with van der Waals surface area (Å²) in [6, 6.07) is 31.1. The number of ether oxygens (including phenoxy) is 1. The predicted octanol–water partition coefficient (Wildman–Crippen LogP) is 6.00. The molecule has 242 valence electrons. The minimum absolute atomic E-state index is 0.0369. The van der Waals surface area contributed by atoms with Gasteiger partial charge in [0.15, 0.2) is 0 Å². The summed E-state index contributed by atoms with van der Waals surface area (Å²) < 4.78 is 35.4. The number of hydrogen-bond acceptors (Lipinski definition) is 5. The molecule has 8 nitrogen and oxygen atoms in total. The molecule has 0 aliphatic carbocycles. The van der Waals surface area contributed by atoms with Crippen LogP contribution in [0, 0.1) is 12.8 Å². The maximum atomic E-state index is 14.6. The Bertz CT molecular complexity index is 1690. The van der Waals surface area contributed by atoms with Crippen molar-refractivity contribution in [1.82, 2.24) is 10.2 Å². The molecule has 0 aliphatic rings. The smallest absolute Gasteiger partial charge is 0.264 e. The zero-order chi connectivity index (χ0) is 33.1. The fraction of sp³-hybridized carbons (Fsp3) is 0.297. The van der Waals surface area contributed by atoms with Crippen molar-refractivity contribution < 1.29 is 22.7 Å². The molecule has 0 aromatic heterocycles. The van der Waals surface area contributed by atoms with Crippen LogP contribution in [0.4, 0.5) is 5.69 Å². The van der Waals surface area contributed by atoms with Gasteiger partial charge in [-0.1, -0.05) is 104 Å². The van der Waals surface area contributed by atoms with Crippen molar-refractivity contribution in [1.29, 1.82) is 0 Å². The van der Waals surface area contributed by atoms with E-state index in [1.807, 2.05) is 82.3 Å². The SMILES string of the molecule is CCOc1ccccc1N(CC(=O)N(Cc1cccc(C)c1)C(Cc1ccccc1)C(=O)NCC(C)C)S(=O)(=O)c1ccccc1. The van der Waals surface area contributed by atoms with E-state index in [1.54, 1.807) is 42.5 Å². The molecule has 0 bridgehead atoms. The lowest BCUT2D eigenvalue weighted by Gasteiger charge is -2.34. The van der Waals surface area contributed by atoms with Gasteiger partial charge in [-0.05, 0) is 55.2 Å². The Morgan fingerprint density at radius 3 is 2.11 bits per heavy atom. The van der Waals surface area contributed by atoms with Gasteiger partial charge < -0.3 is 15.0 Å². The first-order valence-corrected chi connectivity index (χ1v) is 17.0. The summed E-state index contributed by atoms with van der Waals surface area (Å²) in [5, 5.41) is 3.02. The van der Waals surface area contributed by atoms with Gasteiger partial charge in [0, 0.05) is 19.5 Å². The fourth-order valence-corrected chi connectivity index (χ4v) is 6.60. The summed E-state index contributed by atoms with van der Waals surface area (Å²) in [5.74, 6) is -0.291. The fourth-order valence-electron chi connectivity index (χ4n) is 5.16. The van der Waals surface area contributed by atoms with Crippen molar-refractivity contribution in [3.05, 3.63) is 126 Å². The zero-order valence-corrected chi connectivity index (χ0v) is 27.7. The summed E-state index contributed by atoms with van der Waals surface area (Å²) in [6.45, 7) is 8.09. The third-order valence-corrected chi connectivity index (χ3v) is 9.21. The average Bonchev–Trinajstić information content (AvgIpc) is 3.05. The zero-order valence-electron chi connectivity index (χ0n) is 26.9. The van der Waals surface area contributed by atoms with Crippen molar-refractivity contribution in [3.63, 3.8) is 0 Å². The summed E-state index contributed by atoms with van der Waals surface area (Å²) in [6.07, 6.45) is 0.253. The predicted molar refractivity (Wildman–Crippen MR) is 182 cm³/mol. The van der Waals surface area contributed by atoms with Crippen LogP contribution in [0.5, 0.6) is 5.75 Å². The van der Waals surface area contributed by atoms with Crippen molar-refractivity contribution in [3.8, 4) is 5.75 Å². The normalized spacial score (nSPS) is 11.9. The minimum Gasteiger partial charge on any atom is -0.492 e. The monoisotopic (exact) mass is 641 g/mol. The number of aryl methyl sites for hydroxylation is 1. The van der Waals surface area contributed by atoms with Crippen LogP contribution < -0.4 is 14.4 Å². The van der Waals surface area contributed by atoms with Gasteiger partial charge in [-0.25, -0.2) is 8.42 Å². The van der Waals surface area contributed by atoms with Gasteiger partial charge in [-0.15, -0.1) is 0 Å². The van der Waals surface area contributed by atoms with Crippen LogP contribution >= 0.6 is 0 Å². The molecule has 1 unspecified atom stereocenters. The molecule has 0 radical (unpaired) electrons. The number of nitrogens with one attached hydrogen (secondary N) is 1. The lowest BCUT2D eigenvalue weighted by Crippen LogP contribution is -2.53. The van der Waals surface area contributed by atoms with E-state index in [-0.39, 0.29) is 35.4 Å². The maximum absolute atomic E-state index is 14.6. The highest BCUT2D eigenvalue weighted by atomic mass is 32.2. The van der Waals surface area contributed by atoms with E-state index in [0.29, 0.717) is 18.9 Å². The number of hydrogen-bond donors (Lipinski definition) is 1. The highest BCUT2D eigenvalue weighted by molar-refractivity contribution is 7.92. The third kappa shape index (κ3) is 8.97. The lowest BCUT2D eigenvalue weighted by atomic mass is 10.0. The molecule has 0 fully saturated rings. The van der Waals surface area contributed by atoms with E-state index in [4.69, 9.17) is 4.74 Å². The van der Waals surface area contributed by atoms with Crippen molar-refractivity contribution in [2.75, 3.05) is 24.0 Å². The van der Waals surface area contributed by atoms with E-state index in [1.165, 1.54) is 17.0 Å². The van der Waals surface area contributed by atoms with E-state index in [9.17, 15) is 18.0 Å². The first kappa shape index (κ1) is 34.2. The van der Waals surface area contributed by atoms with Crippen LogP contribution in [0.15, 0.2) is 114 Å². The molecule has 0 saturated heterocycles. The third-order valence-electron chi connectivity index (χ3n) is 7.43. The number of carbonyl (C=O) groups excluding carboxylic acids is 2. The summed E-state index contributed by atoms with van der Waals surface area (Å²) in [7, 11) is -4.22. The molecule has 1 atom stereocenters. The number of carbonyl (C=O) groups is 2. The van der Waals surface area contributed by atoms with Crippen molar-refractivity contribution in [2.24, 2.45) is 5.92 Å². The van der Waals surface area contributed by atoms with Crippen LogP contribution in [-0.4, -0.2) is 50.9 Å². The number of rotatable bonds is 15. The number of sulfonamides is 1. The molecular formula is C37H43N3O5S. The Morgan fingerprint density at radius 2 is 1.46 bits per heavy atom. The molecule has 46 heavy (non-hydrogen) atoms. The second-order valence-corrected chi connectivity index (χ2v) is 13.4. The summed E-state index contributed by atoms with van der Waals surface area (Å²) in [5.41, 5.74) is 2.95. The van der Waals surface area contributed by atoms with Gasteiger partial charge in [0.05, 0.1) is 17.2 Å². The largest absolute Gasteiger partial charge is 0.492 e. The molecule has 0 aliphatic heterocycles. The Labute approximate surface area is 273 Å². The highest BCUT2D eigenvalue weighted by Crippen LogP contribution is 2.33. The first-order valence-electron chi connectivity index (χ1n) is 15.6. The van der Waals surface area contributed by atoms with Crippen LogP contribution in [0.1, 0.15) is 37.5 Å². The Kier molecular flexibility index (Phi) is 12.0. The maximum Gasteiger partial charge on any atom is 0.264 e. The summed E-state index contributed by atoms with van der Waals surface area (Å²) >= 11 is 0. The molecule has 4 aromatic carbocycles. The quantitative estimate of drug-likeness (QED) is 0.172. The molecule has 4 aromatic rings. The van der Waals surface area contributed by atoms with E-state index in [0.717, 1.165) is 21.0 Å². The number of para-hydroxylation sites is 2. The lowest BCUT2D eigenvalue weighted by molar-refractivity contribution is -0.140. The molecule has 0 heterocycles. The van der Waals surface area contributed by atoms with Crippen LogP contribution in [0.3, 0.4) is 0 Å². The van der Waals surface area contributed by atoms with Crippen LogP contribution in [0.2, 0.25) is 0 Å². The molecular weight excluding hydrogens is 598 g/mol. The average molecular weight is 642 g/mol. The molecule has 2 amide bonds. The van der Waals surface area contributed by atoms with Crippen molar-refractivity contribution in [2.45, 2.75) is 51.6 Å². The number of benzene rings is 4. The van der Waals surface area contributed by atoms with E-state index < -0.39 is 28.5 Å². The van der Waals surface area contributed by atoms with Gasteiger partial charge in [0.25, 0.3) is 10.0 Å². The highest BCUT2D eigenvalue weighted by Gasteiger charge is 2.35. The number of nitrogens with zero attached hydrogens (tertiary/aromatic N) is 2. The molecule has 9 heteroatoms. The standard InChI is InChI=1S/C37H43N3O5S/c1-5-45-35-22-13-12-21-33(35)40(46(43,44)32-19-10-7-11-20-32)27-36(41)39(26-31-18-14-15-29(4)23-31)34(37(42)38-25-28(2)3)24-30-16-8-6-9-17-30/h6-23,28,34H,5,24-27H2,1-4H3,(H,38,42). The van der Waals surface area contributed by atoms with Crippen LogP contribution in [0.25, 0.3) is 0 Å². The van der Waals surface area contributed by atoms with Gasteiger partial charge in [-0.3, -0.25) is 13.9 Å². The Hall–Kier alpha value is -4.63. The molecule has 0 saturated carbocycles.